The molecule has 0 aliphatic heterocycles. The van der Waals surface area contributed by atoms with E-state index in [0.717, 1.165) is 24.8 Å². The predicted molar refractivity (Wildman–Crippen MR) is 78.5 cm³/mol. The summed E-state index contributed by atoms with van der Waals surface area (Å²) in [6.45, 7) is 0. The number of sulfonamides is 1. The second-order valence-corrected chi connectivity index (χ2v) is 8.13. The first-order valence-corrected chi connectivity index (χ1v) is 9.54. The monoisotopic (exact) mass is 405 g/mol. The number of hydrogen-bond acceptors (Lipinski definition) is 8. The minimum Gasteiger partial charge on any atom is -0.240 e. The number of nitrogens with zero attached hydrogens (tertiary/aromatic N) is 4. The minimum atomic E-state index is -3.78. The normalized spacial score (nSPS) is 11.5. The fourth-order valence-electron chi connectivity index (χ4n) is 0.874. The van der Waals surface area contributed by atoms with Crippen LogP contribution in [0, 0.1) is 0 Å². The van der Waals surface area contributed by atoms with Crippen LogP contribution < -0.4 is 5.14 Å². The summed E-state index contributed by atoms with van der Waals surface area (Å²) < 4.78 is 42.3. The smallest absolute Gasteiger partial charge is 0.240 e. The van der Waals surface area contributed by atoms with Gasteiger partial charge in [-0.15, -0.1) is 0 Å². The molecule has 9 nitrogen and oxygen atoms in total. The lowest BCUT2D eigenvalue weighted by Gasteiger charge is -1.93. The third-order valence-electron chi connectivity index (χ3n) is 1.73. The van der Waals surface area contributed by atoms with Crippen LogP contribution in [0.1, 0.15) is 0 Å². The molecule has 0 aromatic carbocycles. The van der Waals surface area contributed by atoms with Crippen LogP contribution in [-0.4, -0.2) is 36.8 Å². The molecule has 14 heteroatoms. The van der Waals surface area contributed by atoms with Crippen LogP contribution in [0.3, 0.4) is 0 Å². The SMILES string of the molecule is NS(=O)(=O)c1cnc(Cl)cn1.O=S(=O)(Cl)c1cnc(Cl)cn1. The van der Waals surface area contributed by atoms with E-state index in [9.17, 15) is 16.8 Å². The van der Waals surface area contributed by atoms with Crippen LogP contribution in [-0.2, 0) is 19.1 Å². The standard InChI is InChI=1S/C4H2Cl2N2O2S.C4H4ClN3O2S/c2*5-3-1-8-4(2-7-3)11(6,9)10/h1-2H;1-2H,(H2,6,9,10). The minimum absolute atomic E-state index is 0.120. The predicted octanol–water partition coefficient (Wildman–Crippen LogP) is 0.835. The Kier molecular flexibility index (Phi) is 6.40. The van der Waals surface area contributed by atoms with Crippen LogP contribution in [0.2, 0.25) is 10.3 Å². The lowest BCUT2D eigenvalue weighted by molar-refractivity contribution is 0.593. The highest BCUT2D eigenvalue weighted by atomic mass is 35.7. The molecule has 2 heterocycles. The molecule has 0 atom stereocenters. The van der Waals surface area contributed by atoms with E-state index < -0.39 is 19.1 Å². The molecule has 0 saturated carbocycles. The molecule has 120 valence electrons. The molecule has 2 aromatic rings. The summed E-state index contributed by atoms with van der Waals surface area (Å²) in [5, 5.41) is 4.38. The van der Waals surface area contributed by atoms with Gasteiger partial charge < -0.3 is 0 Å². The van der Waals surface area contributed by atoms with Gasteiger partial charge in [-0.05, 0) is 0 Å². The molecule has 0 unspecified atom stereocenters. The van der Waals surface area contributed by atoms with E-state index in [0.29, 0.717) is 0 Å². The van der Waals surface area contributed by atoms with Gasteiger partial charge in [0.1, 0.15) is 10.3 Å². The van der Waals surface area contributed by atoms with Crippen molar-refractivity contribution in [2.45, 2.75) is 10.1 Å². The molecule has 0 saturated heterocycles. The summed E-state index contributed by atoms with van der Waals surface area (Å²) in [7, 11) is -2.59. The van der Waals surface area contributed by atoms with Gasteiger partial charge in [-0.1, -0.05) is 23.2 Å². The fraction of sp³-hybridized carbons (Fsp3) is 0. The van der Waals surface area contributed by atoms with Gasteiger partial charge in [0.15, 0.2) is 10.1 Å². The van der Waals surface area contributed by atoms with E-state index in [1.54, 1.807) is 0 Å². The summed E-state index contributed by atoms with van der Waals surface area (Å²) >= 11 is 10.7. The Morgan fingerprint density at radius 2 is 1.18 bits per heavy atom. The number of halogens is 3. The van der Waals surface area contributed by atoms with Gasteiger partial charge in [-0.2, -0.15) is 0 Å². The van der Waals surface area contributed by atoms with Crippen molar-refractivity contribution in [3.63, 3.8) is 0 Å². The number of aromatic nitrogens is 4. The Morgan fingerprint density at radius 3 is 1.45 bits per heavy atom. The van der Waals surface area contributed by atoms with Crippen LogP contribution in [0.4, 0.5) is 0 Å². The molecule has 0 spiro atoms. The highest BCUT2D eigenvalue weighted by molar-refractivity contribution is 8.13. The highest BCUT2D eigenvalue weighted by Crippen LogP contribution is 2.11. The largest absolute Gasteiger partial charge is 0.280 e. The van der Waals surface area contributed by atoms with Crippen molar-refractivity contribution in [1.82, 2.24) is 19.9 Å². The number of primary sulfonamides is 1. The Bertz CT molecular complexity index is 767. The lowest BCUT2D eigenvalue weighted by atomic mass is 10.8. The van der Waals surface area contributed by atoms with Gasteiger partial charge in [-0.25, -0.2) is 41.9 Å². The molecule has 0 fully saturated rings. The van der Waals surface area contributed by atoms with Crippen molar-refractivity contribution in [3.05, 3.63) is 35.1 Å². The van der Waals surface area contributed by atoms with E-state index in [4.69, 9.17) is 39.0 Å². The first kappa shape index (κ1) is 18.9. The molecule has 2 aromatic heterocycles. The van der Waals surface area contributed by atoms with Gasteiger partial charge in [0.2, 0.25) is 0 Å². The number of hydrogen-bond donors (Lipinski definition) is 1. The van der Waals surface area contributed by atoms with Crippen molar-refractivity contribution in [3.8, 4) is 0 Å². The van der Waals surface area contributed by atoms with Gasteiger partial charge >= 0.3 is 0 Å². The average molecular weight is 407 g/mol. The molecule has 22 heavy (non-hydrogen) atoms. The second kappa shape index (κ2) is 7.44. The van der Waals surface area contributed by atoms with Crippen LogP contribution >= 0.6 is 33.9 Å². The van der Waals surface area contributed by atoms with Gasteiger partial charge in [0, 0.05) is 10.7 Å². The van der Waals surface area contributed by atoms with E-state index in [-0.39, 0.29) is 20.4 Å². The van der Waals surface area contributed by atoms with E-state index >= 15 is 0 Å². The van der Waals surface area contributed by atoms with Crippen molar-refractivity contribution in [2.24, 2.45) is 5.14 Å². The average Bonchev–Trinajstić information content (AvgIpc) is 2.38. The molecule has 2 N–H and O–H groups in total. The van der Waals surface area contributed by atoms with Crippen molar-refractivity contribution < 1.29 is 16.8 Å². The molecule has 0 amide bonds. The van der Waals surface area contributed by atoms with Crippen molar-refractivity contribution in [2.75, 3.05) is 0 Å². The second-order valence-electron chi connectivity index (χ2n) is 3.34. The number of rotatable bonds is 2. The maximum Gasteiger partial charge on any atom is 0.280 e. The third kappa shape index (κ3) is 6.34. The van der Waals surface area contributed by atoms with Crippen molar-refractivity contribution >= 4 is 53.0 Å². The summed E-state index contributed by atoms with van der Waals surface area (Å²) in [5.41, 5.74) is 0. The Balaban J connectivity index is 0.000000220. The van der Waals surface area contributed by atoms with Gasteiger partial charge in [0.25, 0.3) is 19.1 Å². The first-order valence-electron chi connectivity index (χ1n) is 4.92. The summed E-state index contributed by atoms with van der Waals surface area (Å²) in [4.78, 5) is 13.9. The quantitative estimate of drug-likeness (QED) is 0.722. The Morgan fingerprint density at radius 1 is 0.773 bits per heavy atom. The van der Waals surface area contributed by atoms with Crippen LogP contribution in [0.25, 0.3) is 0 Å². The maximum atomic E-state index is 10.6. The van der Waals surface area contributed by atoms with Gasteiger partial charge in [0.05, 0.1) is 24.8 Å². The molecular weight excluding hydrogens is 401 g/mol. The molecule has 0 bridgehead atoms. The molecule has 0 aliphatic rings. The molecule has 0 radical (unpaired) electrons. The van der Waals surface area contributed by atoms with E-state index in [1.807, 2.05) is 0 Å². The summed E-state index contributed by atoms with van der Waals surface area (Å²) in [6.07, 6.45) is 4.21. The molecule has 0 aliphatic carbocycles. The zero-order valence-electron chi connectivity index (χ0n) is 10.3. The van der Waals surface area contributed by atoms with Crippen molar-refractivity contribution in [1.29, 1.82) is 0 Å². The molecule has 2 rings (SSSR count). The topological polar surface area (TPSA) is 146 Å². The zero-order chi connectivity index (χ0) is 17.0. The zero-order valence-corrected chi connectivity index (χ0v) is 14.2. The lowest BCUT2D eigenvalue weighted by Crippen LogP contribution is -2.13. The third-order valence-corrected chi connectivity index (χ3v) is 4.10. The first-order chi connectivity index (χ1) is 10.00. The maximum absolute atomic E-state index is 10.6. The summed E-state index contributed by atoms with van der Waals surface area (Å²) in [5.74, 6) is 0. The Labute approximate surface area is 140 Å². The molecular formula is C8H6Cl3N5O4S2. The highest BCUT2D eigenvalue weighted by Gasteiger charge is 2.11. The summed E-state index contributed by atoms with van der Waals surface area (Å²) in [6, 6.07) is 0. The van der Waals surface area contributed by atoms with Crippen LogP contribution in [0.5, 0.6) is 0 Å². The fourth-order valence-corrected chi connectivity index (χ4v) is 2.06. The van der Waals surface area contributed by atoms with E-state index in [2.05, 4.69) is 19.9 Å². The van der Waals surface area contributed by atoms with Crippen LogP contribution in [0.15, 0.2) is 34.8 Å². The Hall–Kier alpha value is -1.11. The van der Waals surface area contributed by atoms with E-state index in [1.165, 1.54) is 0 Å². The number of nitrogens with two attached hydrogens (primary N) is 1. The van der Waals surface area contributed by atoms with Gasteiger partial charge in [-0.3, -0.25) is 0 Å².